The van der Waals surface area contributed by atoms with Gasteiger partial charge in [-0.15, -0.1) is 11.6 Å². The minimum absolute atomic E-state index is 0.148. The molecule has 2 nitrogen and oxygen atoms in total. The molecule has 0 aromatic heterocycles. The maximum atomic E-state index is 11.2. The number of benzene rings is 1. The Morgan fingerprint density at radius 3 is 2.79 bits per heavy atom. The van der Waals surface area contributed by atoms with Gasteiger partial charge in [-0.2, -0.15) is 0 Å². The summed E-state index contributed by atoms with van der Waals surface area (Å²) < 4.78 is 0. The summed E-state index contributed by atoms with van der Waals surface area (Å²) in [7, 11) is 0. The first kappa shape index (κ1) is 11.5. The largest absolute Gasteiger partial charge is 0.398 e. The Morgan fingerprint density at radius 1 is 1.50 bits per heavy atom. The molecule has 0 spiro atoms. The van der Waals surface area contributed by atoms with E-state index >= 15 is 0 Å². The van der Waals surface area contributed by atoms with Gasteiger partial charge in [-0.25, -0.2) is 0 Å². The fraction of sp³-hybridized carbons (Fsp3) is 0.300. The van der Waals surface area contributed by atoms with E-state index in [1.807, 2.05) is 12.1 Å². The van der Waals surface area contributed by atoms with Gasteiger partial charge in [0.2, 0.25) is 0 Å². The van der Waals surface area contributed by atoms with E-state index in [1.54, 1.807) is 6.07 Å². The number of hydrogen-bond donors (Lipinski definition) is 1. The molecule has 0 atom stereocenters. The van der Waals surface area contributed by atoms with Crippen LogP contribution in [0.4, 0.5) is 5.69 Å². The highest BCUT2D eigenvalue weighted by Crippen LogP contribution is 2.16. The van der Waals surface area contributed by atoms with E-state index in [-0.39, 0.29) is 5.78 Å². The highest BCUT2D eigenvalue weighted by molar-refractivity contribution is 9.09. The Bertz CT molecular complexity index is 341. The Balaban J connectivity index is 2.84. The lowest BCUT2D eigenvalue weighted by Crippen LogP contribution is -2.04. The monoisotopic (exact) mass is 275 g/mol. The average Bonchev–Trinajstić information content (AvgIpc) is 2.20. The summed E-state index contributed by atoms with van der Waals surface area (Å²) in [5, 5.41) is 0.383. The predicted molar refractivity (Wildman–Crippen MR) is 62.9 cm³/mol. The number of ketones is 1. The molecular formula is C10H11BrClNO. The average molecular weight is 277 g/mol. The molecule has 0 aliphatic rings. The van der Waals surface area contributed by atoms with Crippen LogP contribution in [-0.2, 0) is 17.1 Å². The van der Waals surface area contributed by atoms with Crippen molar-refractivity contribution in [3.63, 3.8) is 0 Å². The van der Waals surface area contributed by atoms with Gasteiger partial charge in [0.05, 0.1) is 5.33 Å². The van der Waals surface area contributed by atoms with Gasteiger partial charge < -0.3 is 5.73 Å². The molecule has 76 valence electrons. The first-order valence-corrected chi connectivity index (χ1v) is 5.84. The minimum atomic E-state index is 0.148. The van der Waals surface area contributed by atoms with Crippen molar-refractivity contribution >= 4 is 39.0 Å². The normalized spacial score (nSPS) is 10.1. The summed E-state index contributed by atoms with van der Waals surface area (Å²) in [6.07, 6.45) is 0.426. The van der Waals surface area contributed by atoms with Crippen molar-refractivity contribution in [3.8, 4) is 0 Å². The van der Waals surface area contributed by atoms with E-state index in [4.69, 9.17) is 17.3 Å². The summed E-state index contributed by atoms with van der Waals surface area (Å²) in [5.41, 5.74) is 8.20. The van der Waals surface area contributed by atoms with E-state index in [1.165, 1.54) is 0 Å². The van der Waals surface area contributed by atoms with Crippen LogP contribution < -0.4 is 5.73 Å². The van der Waals surface area contributed by atoms with E-state index in [0.717, 1.165) is 11.1 Å². The van der Waals surface area contributed by atoms with Gasteiger partial charge in [0.15, 0.2) is 0 Å². The molecule has 0 heterocycles. The van der Waals surface area contributed by atoms with Crippen LogP contribution in [0.1, 0.15) is 11.1 Å². The van der Waals surface area contributed by atoms with Gasteiger partial charge in [-0.05, 0) is 17.2 Å². The fourth-order valence-corrected chi connectivity index (χ4v) is 1.59. The van der Waals surface area contributed by atoms with Crippen LogP contribution in [-0.4, -0.2) is 11.1 Å². The standard InChI is InChI=1S/C10H11BrClNO/c11-5-9(14)4-7-1-2-10(13)8(3-7)6-12/h1-3H,4-6,13H2. The van der Waals surface area contributed by atoms with E-state index in [9.17, 15) is 4.79 Å². The number of carbonyl (C=O) groups excluding carboxylic acids is 1. The number of Topliss-reactive ketones (excluding diaryl/α,β-unsaturated/α-hetero) is 1. The molecule has 1 aromatic carbocycles. The molecule has 14 heavy (non-hydrogen) atoms. The maximum Gasteiger partial charge on any atom is 0.147 e. The third kappa shape index (κ3) is 3.00. The van der Waals surface area contributed by atoms with Gasteiger partial charge >= 0.3 is 0 Å². The number of alkyl halides is 2. The molecule has 0 saturated carbocycles. The number of halogens is 2. The molecule has 1 rings (SSSR count). The quantitative estimate of drug-likeness (QED) is 0.678. The van der Waals surface area contributed by atoms with E-state index in [2.05, 4.69) is 15.9 Å². The van der Waals surface area contributed by atoms with Crippen LogP contribution in [0.2, 0.25) is 0 Å². The molecule has 0 amide bonds. The molecule has 0 saturated heterocycles. The number of hydrogen-bond acceptors (Lipinski definition) is 2. The second kappa shape index (κ2) is 5.37. The lowest BCUT2D eigenvalue weighted by Gasteiger charge is -2.04. The number of carbonyl (C=O) groups is 1. The highest BCUT2D eigenvalue weighted by atomic mass is 79.9. The third-order valence-electron chi connectivity index (χ3n) is 1.90. The molecule has 0 aliphatic heterocycles. The molecular weight excluding hydrogens is 265 g/mol. The van der Waals surface area contributed by atoms with Gasteiger partial charge in [-0.3, -0.25) is 4.79 Å². The summed E-state index contributed by atoms with van der Waals surface area (Å²) >= 11 is 8.82. The molecule has 2 N–H and O–H groups in total. The van der Waals surface area contributed by atoms with Crippen molar-refractivity contribution in [3.05, 3.63) is 29.3 Å². The van der Waals surface area contributed by atoms with Crippen molar-refractivity contribution < 1.29 is 4.79 Å². The second-order valence-electron chi connectivity index (χ2n) is 3.02. The van der Waals surface area contributed by atoms with Gasteiger partial charge in [0, 0.05) is 18.0 Å². The molecule has 1 aromatic rings. The first-order valence-electron chi connectivity index (χ1n) is 4.18. The summed E-state index contributed by atoms with van der Waals surface area (Å²) in [6.45, 7) is 0. The van der Waals surface area contributed by atoms with E-state index in [0.29, 0.717) is 23.3 Å². The number of nitrogens with two attached hydrogens (primary N) is 1. The predicted octanol–water partition coefficient (Wildman–Crippen LogP) is 2.51. The maximum absolute atomic E-state index is 11.2. The smallest absolute Gasteiger partial charge is 0.147 e. The van der Waals surface area contributed by atoms with Crippen molar-refractivity contribution in [2.24, 2.45) is 0 Å². The van der Waals surface area contributed by atoms with Crippen molar-refractivity contribution in [1.82, 2.24) is 0 Å². The Kier molecular flexibility index (Phi) is 4.42. The number of anilines is 1. The van der Waals surface area contributed by atoms with Crippen LogP contribution in [0.15, 0.2) is 18.2 Å². The lowest BCUT2D eigenvalue weighted by molar-refractivity contribution is -0.115. The van der Waals surface area contributed by atoms with Crippen LogP contribution in [0.3, 0.4) is 0 Å². The van der Waals surface area contributed by atoms with Crippen molar-refractivity contribution in [2.75, 3.05) is 11.1 Å². The molecule has 4 heteroatoms. The molecule has 0 fully saturated rings. The topological polar surface area (TPSA) is 43.1 Å². The van der Waals surface area contributed by atoms with Crippen LogP contribution in [0, 0.1) is 0 Å². The molecule has 0 bridgehead atoms. The molecule has 0 unspecified atom stereocenters. The van der Waals surface area contributed by atoms with Crippen molar-refractivity contribution in [2.45, 2.75) is 12.3 Å². The summed E-state index contributed by atoms with van der Waals surface area (Å²) in [4.78, 5) is 11.2. The second-order valence-corrected chi connectivity index (χ2v) is 3.84. The lowest BCUT2D eigenvalue weighted by atomic mass is 10.1. The first-order chi connectivity index (χ1) is 6.67. The minimum Gasteiger partial charge on any atom is -0.398 e. The van der Waals surface area contributed by atoms with Crippen LogP contribution in [0.5, 0.6) is 0 Å². The summed E-state index contributed by atoms with van der Waals surface area (Å²) in [6, 6.07) is 5.52. The zero-order valence-electron chi connectivity index (χ0n) is 7.59. The van der Waals surface area contributed by atoms with Crippen LogP contribution in [0.25, 0.3) is 0 Å². The Labute approximate surface area is 96.6 Å². The fourth-order valence-electron chi connectivity index (χ4n) is 1.16. The summed E-state index contributed by atoms with van der Waals surface area (Å²) in [5.74, 6) is 0.526. The highest BCUT2D eigenvalue weighted by Gasteiger charge is 2.04. The SMILES string of the molecule is Nc1ccc(CC(=O)CBr)cc1CCl. The van der Waals surface area contributed by atoms with Crippen molar-refractivity contribution in [1.29, 1.82) is 0 Å². The number of nitrogen functional groups attached to an aromatic ring is 1. The Hall–Kier alpha value is -0.540. The van der Waals surface area contributed by atoms with E-state index < -0.39 is 0 Å². The van der Waals surface area contributed by atoms with Gasteiger partial charge in [-0.1, -0.05) is 28.1 Å². The van der Waals surface area contributed by atoms with Gasteiger partial charge in [0.25, 0.3) is 0 Å². The third-order valence-corrected chi connectivity index (χ3v) is 2.82. The number of rotatable bonds is 4. The Morgan fingerprint density at radius 2 is 2.21 bits per heavy atom. The zero-order chi connectivity index (χ0) is 10.6. The molecule has 0 aliphatic carbocycles. The van der Waals surface area contributed by atoms with Gasteiger partial charge in [0.1, 0.15) is 5.78 Å². The van der Waals surface area contributed by atoms with Crippen LogP contribution >= 0.6 is 27.5 Å². The molecule has 0 radical (unpaired) electrons. The zero-order valence-corrected chi connectivity index (χ0v) is 9.94.